The highest BCUT2D eigenvalue weighted by Crippen LogP contribution is 2.33. The molecular formula is C33H40N4O5. The summed E-state index contributed by atoms with van der Waals surface area (Å²) >= 11 is 0. The van der Waals surface area contributed by atoms with E-state index in [9.17, 15) is 24.3 Å². The normalized spacial score (nSPS) is 13.0. The fraction of sp³-hybridized carbons (Fsp3) is 0.333. The maximum absolute atomic E-state index is 13.6. The van der Waals surface area contributed by atoms with Gasteiger partial charge in [-0.2, -0.15) is 0 Å². The number of nitrogens with one attached hydrogen (secondary N) is 3. The Hall–Kier alpha value is -4.66. The summed E-state index contributed by atoms with van der Waals surface area (Å²) in [6.07, 6.45) is 4.71. The van der Waals surface area contributed by atoms with Crippen LogP contribution in [-0.2, 0) is 20.8 Å². The predicted octanol–water partition coefficient (Wildman–Crippen LogP) is 5.05. The molecule has 2 aromatic carbocycles. The molecule has 1 aromatic heterocycles. The molecule has 0 aliphatic rings. The molecule has 9 nitrogen and oxygen atoms in total. The van der Waals surface area contributed by atoms with E-state index < -0.39 is 17.9 Å². The topological polar surface area (TPSA) is 130 Å². The quantitative estimate of drug-likeness (QED) is 0.178. The maximum Gasteiger partial charge on any atom is 0.326 e. The summed E-state index contributed by atoms with van der Waals surface area (Å²) in [5, 5.41) is 18.5. The van der Waals surface area contributed by atoms with E-state index in [-0.39, 0.29) is 18.4 Å². The lowest BCUT2D eigenvalue weighted by atomic mass is 9.96. The first-order valence-electron chi connectivity index (χ1n) is 13.9. The lowest BCUT2D eigenvalue weighted by Gasteiger charge is -2.15. The van der Waals surface area contributed by atoms with Crippen molar-refractivity contribution in [3.05, 3.63) is 82.2 Å². The summed E-state index contributed by atoms with van der Waals surface area (Å²) in [4.78, 5) is 47.3. The van der Waals surface area contributed by atoms with E-state index >= 15 is 0 Å². The number of carbonyl (C=O) groups excluding carboxylic acids is 3. The van der Waals surface area contributed by atoms with Crippen molar-refractivity contribution < 1.29 is 24.3 Å². The van der Waals surface area contributed by atoms with E-state index in [0.717, 1.165) is 44.3 Å². The SMILES string of the molecule is CC(=O)NC(Cc1ccc(-c2cc(C(=O)NC/C(C)=C(C)/C=C(/C)NC=O)c3c(C)cn(C(C)C)c3c2)cc1)C(=O)O. The molecule has 1 heterocycles. The number of rotatable bonds is 12. The maximum atomic E-state index is 13.6. The molecule has 222 valence electrons. The molecule has 3 aromatic rings. The number of carbonyl (C=O) groups is 4. The van der Waals surface area contributed by atoms with Gasteiger partial charge >= 0.3 is 5.97 Å². The van der Waals surface area contributed by atoms with Crippen molar-refractivity contribution in [1.29, 1.82) is 0 Å². The Balaban J connectivity index is 1.99. The van der Waals surface area contributed by atoms with Gasteiger partial charge in [-0.3, -0.25) is 14.4 Å². The average molecular weight is 573 g/mol. The van der Waals surface area contributed by atoms with Crippen molar-refractivity contribution in [2.24, 2.45) is 0 Å². The molecule has 0 saturated heterocycles. The van der Waals surface area contributed by atoms with Crippen LogP contribution in [0.5, 0.6) is 0 Å². The average Bonchev–Trinajstić information content (AvgIpc) is 3.27. The highest BCUT2D eigenvalue weighted by atomic mass is 16.4. The number of carboxylic acid groups (broad SMARTS) is 1. The van der Waals surface area contributed by atoms with E-state index in [4.69, 9.17) is 0 Å². The van der Waals surface area contributed by atoms with Gasteiger partial charge in [-0.15, -0.1) is 0 Å². The molecule has 0 aliphatic heterocycles. The minimum absolute atomic E-state index is 0.156. The third kappa shape index (κ3) is 7.75. The van der Waals surface area contributed by atoms with Gasteiger partial charge < -0.3 is 25.6 Å². The zero-order chi connectivity index (χ0) is 31.1. The van der Waals surface area contributed by atoms with Crippen molar-refractivity contribution in [2.75, 3.05) is 6.54 Å². The van der Waals surface area contributed by atoms with Crippen LogP contribution in [0.2, 0.25) is 0 Å². The lowest BCUT2D eigenvalue weighted by Crippen LogP contribution is -2.41. The fourth-order valence-corrected chi connectivity index (χ4v) is 4.91. The van der Waals surface area contributed by atoms with Crippen LogP contribution in [0.3, 0.4) is 0 Å². The number of nitrogens with zero attached hydrogens (tertiary/aromatic N) is 1. The number of fused-ring (bicyclic) bond motifs is 1. The minimum atomic E-state index is -1.09. The molecule has 0 spiro atoms. The van der Waals surface area contributed by atoms with Gasteiger partial charge in [0.15, 0.2) is 0 Å². The Bertz CT molecular complexity index is 1560. The Morgan fingerprint density at radius 3 is 2.24 bits per heavy atom. The van der Waals surface area contributed by atoms with Crippen LogP contribution in [0.4, 0.5) is 0 Å². The molecule has 42 heavy (non-hydrogen) atoms. The van der Waals surface area contributed by atoms with Crippen LogP contribution in [0.15, 0.2) is 65.5 Å². The summed E-state index contributed by atoms with van der Waals surface area (Å²) in [6.45, 7) is 13.5. The summed E-state index contributed by atoms with van der Waals surface area (Å²) < 4.78 is 2.16. The number of benzene rings is 2. The van der Waals surface area contributed by atoms with Crippen molar-refractivity contribution in [3.63, 3.8) is 0 Å². The van der Waals surface area contributed by atoms with Crippen molar-refractivity contribution >= 4 is 35.1 Å². The molecule has 0 aliphatic carbocycles. The highest BCUT2D eigenvalue weighted by Gasteiger charge is 2.21. The van der Waals surface area contributed by atoms with Gasteiger partial charge in [-0.05, 0) is 87.6 Å². The van der Waals surface area contributed by atoms with Gasteiger partial charge in [0, 0.05) is 54.3 Å². The van der Waals surface area contributed by atoms with Crippen molar-refractivity contribution in [1.82, 2.24) is 20.5 Å². The van der Waals surface area contributed by atoms with Crippen LogP contribution in [-0.4, -0.2) is 46.5 Å². The summed E-state index contributed by atoms with van der Waals surface area (Å²) in [5.74, 6) is -1.69. The largest absolute Gasteiger partial charge is 0.480 e. The van der Waals surface area contributed by atoms with Crippen molar-refractivity contribution in [2.45, 2.75) is 67.0 Å². The molecule has 0 saturated carbocycles. The van der Waals surface area contributed by atoms with E-state index in [0.29, 0.717) is 24.2 Å². The van der Waals surface area contributed by atoms with Gasteiger partial charge in [-0.25, -0.2) is 4.79 Å². The first kappa shape index (κ1) is 31.9. The number of hydrogen-bond donors (Lipinski definition) is 4. The van der Waals surface area contributed by atoms with Crippen LogP contribution in [0.1, 0.15) is 69.1 Å². The Morgan fingerprint density at radius 1 is 1.00 bits per heavy atom. The Morgan fingerprint density at radius 2 is 1.67 bits per heavy atom. The van der Waals surface area contributed by atoms with Gasteiger partial charge in [0.1, 0.15) is 6.04 Å². The summed E-state index contributed by atoms with van der Waals surface area (Å²) in [6, 6.07) is 10.6. The predicted molar refractivity (Wildman–Crippen MR) is 165 cm³/mol. The van der Waals surface area contributed by atoms with E-state index in [1.807, 2.05) is 57.2 Å². The number of aryl methyl sites for hydroxylation is 1. The number of aliphatic carboxylic acids is 1. The molecule has 4 N–H and O–H groups in total. The standard InChI is InChI=1S/C33H40N4O5/c1-19(2)37-17-22(5)31-28(32(40)34-16-21(4)20(3)12-23(6)35-18-38)14-27(15-30(31)37)26-10-8-25(9-11-26)13-29(33(41)42)36-24(7)39/h8-12,14-15,17-19,29H,13,16H2,1-7H3,(H,34,40)(H,35,38)(H,36,39)(H,41,42)/b21-20+,23-12-. The zero-order valence-electron chi connectivity index (χ0n) is 25.3. The zero-order valence-corrected chi connectivity index (χ0v) is 25.3. The second-order valence-corrected chi connectivity index (χ2v) is 11.0. The van der Waals surface area contributed by atoms with Gasteiger partial charge in [0.2, 0.25) is 12.3 Å². The van der Waals surface area contributed by atoms with Gasteiger partial charge in [-0.1, -0.05) is 29.8 Å². The molecule has 0 fully saturated rings. The molecule has 0 radical (unpaired) electrons. The monoisotopic (exact) mass is 572 g/mol. The molecule has 3 amide bonds. The van der Waals surface area contributed by atoms with Crippen LogP contribution < -0.4 is 16.0 Å². The third-order valence-electron chi connectivity index (χ3n) is 7.23. The second kappa shape index (κ2) is 13.8. The molecule has 3 rings (SSSR count). The van der Waals surface area contributed by atoms with E-state index in [1.54, 1.807) is 6.92 Å². The summed E-state index contributed by atoms with van der Waals surface area (Å²) in [7, 11) is 0. The van der Waals surface area contributed by atoms with Crippen molar-refractivity contribution in [3.8, 4) is 11.1 Å². The molecule has 1 unspecified atom stereocenters. The second-order valence-electron chi connectivity index (χ2n) is 11.0. The minimum Gasteiger partial charge on any atom is -0.480 e. The Kier molecular flexibility index (Phi) is 10.5. The molecular weight excluding hydrogens is 532 g/mol. The van der Waals surface area contributed by atoms with E-state index in [2.05, 4.69) is 46.6 Å². The number of hydrogen-bond acceptors (Lipinski definition) is 4. The third-order valence-corrected chi connectivity index (χ3v) is 7.23. The van der Waals surface area contributed by atoms with Crippen LogP contribution in [0.25, 0.3) is 22.0 Å². The number of aromatic nitrogens is 1. The van der Waals surface area contributed by atoms with Gasteiger partial charge in [0.25, 0.3) is 5.91 Å². The smallest absolute Gasteiger partial charge is 0.326 e. The highest BCUT2D eigenvalue weighted by molar-refractivity contribution is 6.09. The number of amides is 3. The number of allylic oxidation sites excluding steroid dienone is 3. The first-order chi connectivity index (χ1) is 19.8. The lowest BCUT2D eigenvalue weighted by molar-refractivity contribution is -0.141. The van der Waals surface area contributed by atoms with Gasteiger partial charge in [0.05, 0.1) is 0 Å². The first-order valence-corrected chi connectivity index (χ1v) is 13.9. The van der Waals surface area contributed by atoms with E-state index in [1.165, 1.54) is 6.92 Å². The van der Waals surface area contributed by atoms with Crippen LogP contribution >= 0.6 is 0 Å². The molecule has 0 bridgehead atoms. The van der Waals surface area contributed by atoms with Crippen LogP contribution in [0, 0.1) is 6.92 Å². The fourth-order valence-electron chi connectivity index (χ4n) is 4.91. The summed E-state index contributed by atoms with van der Waals surface area (Å²) in [5.41, 5.74) is 7.67. The molecule has 9 heteroatoms. The Labute approximate surface area is 246 Å². The molecule has 1 atom stereocenters. The number of carboxylic acids is 1.